The minimum atomic E-state index is -0.790. The second kappa shape index (κ2) is 5.14. The second-order valence-electron chi connectivity index (χ2n) is 6.09. The molecule has 18 heavy (non-hydrogen) atoms. The van der Waals surface area contributed by atoms with Crippen molar-refractivity contribution in [2.75, 3.05) is 13.1 Å². The SMILES string of the molecule is Cc1ccc(C(C)(C)CNCC(C)(C)C(=O)O)o1. The lowest BCUT2D eigenvalue weighted by atomic mass is 9.89. The first-order chi connectivity index (χ1) is 8.15. The predicted molar refractivity (Wildman–Crippen MR) is 70.8 cm³/mol. The Bertz CT molecular complexity index is 418. The van der Waals surface area contributed by atoms with Crippen LogP contribution in [0.4, 0.5) is 0 Å². The van der Waals surface area contributed by atoms with Crippen LogP contribution < -0.4 is 5.32 Å². The lowest BCUT2D eigenvalue weighted by Gasteiger charge is -2.26. The van der Waals surface area contributed by atoms with Gasteiger partial charge in [0.25, 0.3) is 0 Å². The Morgan fingerprint density at radius 1 is 1.28 bits per heavy atom. The third-order valence-corrected chi connectivity index (χ3v) is 3.12. The van der Waals surface area contributed by atoms with Gasteiger partial charge in [-0.05, 0) is 32.9 Å². The van der Waals surface area contributed by atoms with Gasteiger partial charge in [0, 0.05) is 18.5 Å². The Morgan fingerprint density at radius 3 is 2.33 bits per heavy atom. The van der Waals surface area contributed by atoms with Crippen molar-refractivity contribution in [3.8, 4) is 0 Å². The van der Waals surface area contributed by atoms with E-state index < -0.39 is 11.4 Å². The molecular formula is C14H23NO3. The summed E-state index contributed by atoms with van der Waals surface area (Å²) < 4.78 is 5.62. The summed E-state index contributed by atoms with van der Waals surface area (Å²) in [6.45, 7) is 10.6. The number of carboxylic acids is 1. The molecule has 4 heteroatoms. The third-order valence-electron chi connectivity index (χ3n) is 3.12. The van der Waals surface area contributed by atoms with Crippen molar-refractivity contribution >= 4 is 5.97 Å². The maximum atomic E-state index is 11.0. The molecule has 0 amide bonds. The smallest absolute Gasteiger partial charge is 0.310 e. The Balaban J connectivity index is 2.55. The monoisotopic (exact) mass is 253 g/mol. The zero-order chi connectivity index (χ0) is 14.0. The Morgan fingerprint density at radius 2 is 1.89 bits per heavy atom. The summed E-state index contributed by atoms with van der Waals surface area (Å²) >= 11 is 0. The maximum Gasteiger partial charge on any atom is 0.310 e. The van der Waals surface area contributed by atoms with Crippen LogP contribution in [0.25, 0.3) is 0 Å². The standard InChI is InChI=1S/C14H23NO3/c1-10-6-7-11(18-10)13(2,3)8-15-9-14(4,5)12(16)17/h6-7,15H,8-9H2,1-5H3,(H,16,17). The van der Waals surface area contributed by atoms with Gasteiger partial charge in [-0.3, -0.25) is 4.79 Å². The fourth-order valence-corrected chi connectivity index (χ4v) is 1.65. The summed E-state index contributed by atoms with van der Waals surface area (Å²) in [5.41, 5.74) is -0.905. The number of hydrogen-bond donors (Lipinski definition) is 2. The van der Waals surface area contributed by atoms with Crippen molar-refractivity contribution in [2.24, 2.45) is 5.41 Å². The number of hydrogen-bond acceptors (Lipinski definition) is 3. The molecular weight excluding hydrogens is 230 g/mol. The number of rotatable bonds is 6. The van der Waals surface area contributed by atoms with Crippen LogP contribution in [0, 0.1) is 12.3 Å². The van der Waals surface area contributed by atoms with Gasteiger partial charge in [0.05, 0.1) is 5.41 Å². The number of aryl methyl sites for hydroxylation is 1. The van der Waals surface area contributed by atoms with Gasteiger partial charge in [-0.1, -0.05) is 13.8 Å². The maximum absolute atomic E-state index is 11.0. The predicted octanol–water partition coefficient (Wildman–Crippen LogP) is 2.57. The van der Waals surface area contributed by atoms with Crippen molar-refractivity contribution < 1.29 is 14.3 Å². The molecule has 1 rings (SSSR count). The molecule has 0 saturated carbocycles. The molecule has 1 heterocycles. The van der Waals surface area contributed by atoms with Crippen LogP contribution in [-0.2, 0) is 10.2 Å². The molecule has 0 bridgehead atoms. The normalized spacial score (nSPS) is 12.7. The van der Waals surface area contributed by atoms with E-state index in [9.17, 15) is 4.79 Å². The summed E-state index contributed by atoms with van der Waals surface area (Å²) in [6, 6.07) is 3.91. The van der Waals surface area contributed by atoms with Gasteiger partial charge >= 0.3 is 5.97 Å². The Hall–Kier alpha value is -1.29. The molecule has 0 aliphatic rings. The molecule has 4 nitrogen and oxygen atoms in total. The zero-order valence-corrected chi connectivity index (χ0v) is 11.8. The van der Waals surface area contributed by atoms with Gasteiger partial charge in [-0.15, -0.1) is 0 Å². The second-order valence-corrected chi connectivity index (χ2v) is 6.09. The van der Waals surface area contributed by atoms with E-state index in [-0.39, 0.29) is 5.41 Å². The van der Waals surface area contributed by atoms with Crippen molar-refractivity contribution in [2.45, 2.75) is 40.0 Å². The van der Waals surface area contributed by atoms with E-state index >= 15 is 0 Å². The van der Waals surface area contributed by atoms with Crippen LogP contribution in [0.5, 0.6) is 0 Å². The number of carboxylic acid groups (broad SMARTS) is 1. The van der Waals surface area contributed by atoms with Gasteiger partial charge < -0.3 is 14.8 Å². The van der Waals surface area contributed by atoms with E-state index in [0.717, 1.165) is 11.5 Å². The highest BCUT2D eigenvalue weighted by molar-refractivity contribution is 5.73. The summed E-state index contributed by atoms with van der Waals surface area (Å²) in [5, 5.41) is 12.2. The topological polar surface area (TPSA) is 62.5 Å². The van der Waals surface area contributed by atoms with Gasteiger partial charge in [-0.2, -0.15) is 0 Å². The number of furan rings is 1. The quantitative estimate of drug-likeness (QED) is 0.818. The molecule has 0 aliphatic carbocycles. The number of nitrogens with one attached hydrogen (secondary N) is 1. The zero-order valence-electron chi connectivity index (χ0n) is 11.8. The molecule has 2 N–H and O–H groups in total. The molecule has 1 aromatic rings. The first-order valence-corrected chi connectivity index (χ1v) is 6.16. The van der Waals surface area contributed by atoms with Crippen LogP contribution in [0.1, 0.15) is 39.2 Å². The highest BCUT2D eigenvalue weighted by atomic mass is 16.4. The van der Waals surface area contributed by atoms with Crippen LogP contribution in [-0.4, -0.2) is 24.2 Å². The minimum absolute atomic E-state index is 0.150. The van der Waals surface area contributed by atoms with Crippen LogP contribution in [0.3, 0.4) is 0 Å². The number of aliphatic carboxylic acids is 1. The minimum Gasteiger partial charge on any atom is -0.481 e. The van der Waals surface area contributed by atoms with Crippen LogP contribution >= 0.6 is 0 Å². The highest BCUT2D eigenvalue weighted by Gasteiger charge is 2.29. The average Bonchev–Trinajstić information content (AvgIpc) is 2.64. The summed E-state index contributed by atoms with van der Waals surface area (Å²) in [6.07, 6.45) is 0. The fraction of sp³-hybridized carbons (Fsp3) is 0.643. The third kappa shape index (κ3) is 3.60. The first-order valence-electron chi connectivity index (χ1n) is 6.16. The lowest BCUT2D eigenvalue weighted by molar-refractivity contribution is -0.146. The Labute approximate surface area is 108 Å². The molecule has 0 unspecified atom stereocenters. The highest BCUT2D eigenvalue weighted by Crippen LogP contribution is 2.24. The molecule has 102 valence electrons. The van der Waals surface area contributed by atoms with E-state index in [1.807, 2.05) is 19.1 Å². The fourth-order valence-electron chi connectivity index (χ4n) is 1.65. The van der Waals surface area contributed by atoms with Crippen molar-refractivity contribution in [3.63, 3.8) is 0 Å². The van der Waals surface area contributed by atoms with E-state index in [0.29, 0.717) is 13.1 Å². The molecule has 0 aromatic carbocycles. The summed E-state index contributed by atoms with van der Waals surface area (Å²) in [5.74, 6) is 1.02. The van der Waals surface area contributed by atoms with E-state index in [1.54, 1.807) is 13.8 Å². The molecule has 0 fully saturated rings. The van der Waals surface area contributed by atoms with Crippen molar-refractivity contribution in [3.05, 3.63) is 23.7 Å². The molecule has 0 spiro atoms. The average molecular weight is 253 g/mol. The Kier molecular flexibility index (Phi) is 4.22. The molecule has 0 radical (unpaired) electrons. The molecule has 0 atom stereocenters. The first kappa shape index (κ1) is 14.8. The number of carbonyl (C=O) groups is 1. The van der Waals surface area contributed by atoms with Crippen molar-refractivity contribution in [1.82, 2.24) is 5.32 Å². The molecule has 0 aliphatic heterocycles. The molecule has 1 aromatic heterocycles. The van der Waals surface area contributed by atoms with Gasteiger partial charge in [0.2, 0.25) is 0 Å². The van der Waals surface area contributed by atoms with Crippen molar-refractivity contribution in [1.29, 1.82) is 0 Å². The van der Waals surface area contributed by atoms with Gasteiger partial charge in [-0.25, -0.2) is 0 Å². The summed E-state index contributed by atoms with van der Waals surface area (Å²) in [7, 11) is 0. The van der Waals surface area contributed by atoms with E-state index in [2.05, 4.69) is 19.2 Å². The van der Waals surface area contributed by atoms with E-state index in [1.165, 1.54) is 0 Å². The van der Waals surface area contributed by atoms with Crippen LogP contribution in [0.2, 0.25) is 0 Å². The van der Waals surface area contributed by atoms with Gasteiger partial charge in [0.1, 0.15) is 11.5 Å². The summed E-state index contributed by atoms with van der Waals surface area (Å²) in [4.78, 5) is 11.0. The van der Waals surface area contributed by atoms with E-state index in [4.69, 9.17) is 9.52 Å². The van der Waals surface area contributed by atoms with Gasteiger partial charge in [0.15, 0.2) is 0 Å². The van der Waals surface area contributed by atoms with Crippen LogP contribution in [0.15, 0.2) is 16.5 Å². The largest absolute Gasteiger partial charge is 0.481 e. The molecule has 0 saturated heterocycles. The lowest BCUT2D eigenvalue weighted by Crippen LogP contribution is -2.41.